The van der Waals surface area contributed by atoms with Crippen LogP contribution in [0.15, 0.2) is 11.9 Å². The summed E-state index contributed by atoms with van der Waals surface area (Å²) >= 11 is 0. The summed E-state index contributed by atoms with van der Waals surface area (Å²) in [5.41, 5.74) is -0.0775. The van der Waals surface area contributed by atoms with Gasteiger partial charge in [0.25, 0.3) is 0 Å². The first-order valence-corrected chi connectivity index (χ1v) is 2.62. The van der Waals surface area contributed by atoms with Gasteiger partial charge in [0.2, 0.25) is 0 Å². The van der Waals surface area contributed by atoms with E-state index in [4.69, 9.17) is 0 Å². The van der Waals surface area contributed by atoms with E-state index in [1.54, 1.807) is 0 Å². The summed E-state index contributed by atoms with van der Waals surface area (Å²) in [7, 11) is 0. The highest BCUT2D eigenvalue weighted by Gasteiger charge is 2.04. The molecule has 0 atom stereocenters. The van der Waals surface area contributed by atoms with Crippen LogP contribution in [0.25, 0.3) is 0 Å². The van der Waals surface area contributed by atoms with E-state index in [1.807, 2.05) is 20.8 Å². The van der Waals surface area contributed by atoms with E-state index in [0.29, 0.717) is 0 Å². The number of halogens is 1. The third kappa shape index (κ3) is 5.67. The first kappa shape index (κ1) is 7.67. The molecular weight excluding hydrogens is 103 g/mol. The molecule has 8 heavy (non-hydrogen) atoms. The molecule has 0 aromatic rings. The fourth-order valence-corrected chi connectivity index (χ4v) is 0.470. The first-order valence-electron chi connectivity index (χ1n) is 2.62. The summed E-state index contributed by atoms with van der Waals surface area (Å²) in [5, 5.41) is 0. The molecule has 0 N–H and O–H groups in total. The van der Waals surface area contributed by atoms with Gasteiger partial charge in [0.15, 0.2) is 0 Å². The van der Waals surface area contributed by atoms with Gasteiger partial charge in [-0.2, -0.15) is 0 Å². The highest BCUT2D eigenvalue weighted by atomic mass is 19.1. The van der Waals surface area contributed by atoms with E-state index in [0.717, 1.165) is 0 Å². The van der Waals surface area contributed by atoms with Crippen molar-refractivity contribution in [3.63, 3.8) is 0 Å². The van der Waals surface area contributed by atoms with Crippen LogP contribution in [0.3, 0.4) is 0 Å². The predicted octanol–water partition coefficient (Wildman–Crippen LogP) is 2.72. The molecule has 0 heterocycles. The molecule has 0 saturated carbocycles. The maximum absolute atomic E-state index is 11.9. The molecule has 0 rings (SSSR count). The van der Waals surface area contributed by atoms with Crippen molar-refractivity contribution in [2.45, 2.75) is 20.8 Å². The van der Waals surface area contributed by atoms with Gasteiger partial charge in [-0.25, -0.2) is 4.39 Å². The molecule has 0 spiro atoms. The zero-order chi connectivity index (χ0) is 6.78. The van der Waals surface area contributed by atoms with Crippen LogP contribution >= 0.6 is 0 Å². The molecule has 0 aromatic heterocycles. The monoisotopic (exact) mass is 115 g/mol. The number of hydrogen-bond acceptors (Lipinski definition) is 0. The lowest BCUT2D eigenvalue weighted by Crippen LogP contribution is -1.98. The van der Waals surface area contributed by atoms with Gasteiger partial charge in [-0.1, -0.05) is 20.8 Å². The van der Waals surface area contributed by atoms with Crippen molar-refractivity contribution in [1.29, 1.82) is 0 Å². The molecule has 0 nitrogen and oxygen atoms in total. The van der Waals surface area contributed by atoms with Crippen LogP contribution in [0.1, 0.15) is 20.8 Å². The average Bonchev–Trinajstić information content (AvgIpc) is 1.21. The lowest BCUT2D eigenvalue weighted by molar-refractivity contribution is 0.518. The second kappa shape index (κ2) is 2.29. The van der Waals surface area contributed by atoms with Crippen molar-refractivity contribution < 1.29 is 4.39 Å². The van der Waals surface area contributed by atoms with Gasteiger partial charge >= 0.3 is 0 Å². The van der Waals surface area contributed by atoms with Crippen molar-refractivity contribution in [3.05, 3.63) is 18.8 Å². The third-order valence-corrected chi connectivity index (χ3v) is 0.590. The Balaban J connectivity index is 3.89. The maximum Gasteiger partial charge on any atom is 0.0969 e. The van der Waals surface area contributed by atoms with Gasteiger partial charge in [-0.3, -0.25) is 0 Å². The summed E-state index contributed by atoms with van der Waals surface area (Å²) < 4.78 is 11.9. The van der Waals surface area contributed by atoms with E-state index in [9.17, 15) is 4.39 Å². The summed E-state index contributed by atoms with van der Waals surface area (Å²) in [4.78, 5) is 0. The Morgan fingerprint density at radius 3 is 1.88 bits per heavy atom. The topological polar surface area (TPSA) is 0 Å². The van der Waals surface area contributed by atoms with Crippen LogP contribution in [0, 0.1) is 12.3 Å². The number of rotatable bonds is 0. The third-order valence-electron chi connectivity index (χ3n) is 0.590. The zero-order valence-corrected chi connectivity index (χ0v) is 5.66. The predicted molar refractivity (Wildman–Crippen MR) is 34.0 cm³/mol. The lowest BCUT2D eigenvalue weighted by Gasteiger charge is -2.10. The lowest BCUT2D eigenvalue weighted by atomic mass is 9.96. The van der Waals surface area contributed by atoms with Gasteiger partial charge in [0.1, 0.15) is 0 Å². The van der Waals surface area contributed by atoms with Crippen LogP contribution in [-0.2, 0) is 0 Å². The van der Waals surface area contributed by atoms with Gasteiger partial charge in [0.05, 0.1) is 5.83 Å². The minimum Gasteiger partial charge on any atom is -0.212 e. The Hall–Kier alpha value is -0.330. The second-order valence-corrected chi connectivity index (χ2v) is 2.96. The molecular formula is C7H12F. The Morgan fingerprint density at radius 1 is 1.50 bits per heavy atom. The van der Waals surface area contributed by atoms with Gasteiger partial charge in [-0.15, -0.1) is 0 Å². The summed E-state index contributed by atoms with van der Waals surface area (Å²) in [6.07, 6.45) is 1.49. The number of hydrogen-bond donors (Lipinski definition) is 0. The van der Waals surface area contributed by atoms with Crippen LogP contribution in [0.5, 0.6) is 0 Å². The molecule has 0 aliphatic carbocycles. The molecule has 1 radical (unpaired) electrons. The second-order valence-electron chi connectivity index (χ2n) is 2.96. The first-order chi connectivity index (χ1) is 3.42. The minimum atomic E-state index is -0.350. The minimum absolute atomic E-state index is 0.0775. The van der Waals surface area contributed by atoms with E-state index in [-0.39, 0.29) is 11.2 Å². The maximum atomic E-state index is 11.9. The number of allylic oxidation sites excluding steroid dienone is 2. The average molecular weight is 115 g/mol. The van der Waals surface area contributed by atoms with Gasteiger partial charge < -0.3 is 0 Å². The Kier molecular flexibility index (Phi) is 2.20. The van der Waals surface area contributed by atoms with Crippen LogP contribution in [-0.4, -0.2) is 0 Å². The highest BCUT2D eigenvalue weighted by molar-refractivity contribution is 5.00. The SMILES string of the molecule is [CH2]C(F)=CC(C)(C)C. The normalized spacial score (nSPS) is 14.4. The molecule has 0 fully saturated rings. The van der Waals surface area contributed by atoms with E-state index in [2.05, 4.69) is 6.92 Å². The summed E-state index contributed by atoms with van der Waals surface area (Å²) in [6.45, 7) is 8.90. The molecule has 0 unspecified atom stereocenters. The van der Waals surface area contributed by atoms with E-state index >= 15 is 0 Å². The van der Waals surface area contributed by atoms with Crippen molar-refractivity contribution in [2.24, 2.45) is 5.41 Å². The quantitative estimate of drug-likeness (QED) is 0.455. The Morgan fingerprint density at radius 2 is 1.88 bits per heavy atom. The van der Waals surface area contributed by atoms with Crippen molar-refractivity contribution in [1.82, 2.24) is 0 Å². The van der Waals surface area contributed by atoms with Crippen LogP contribution in [0.2, 0.25) is 0 Å². The summed E-state index contributed by atoms with van der Waals surface area (Å²) in [5.74, 6) is -0.350. The molecule has 0 bridgehead atoms. The fourth-order valence-electron chi connectivity index (χ4n) is 0.470. The molecule has 0 amide bonds. The highest BCUT2D eigenvalue weighted by Crippen LogP contribution is 2.17. The largest absolute Gasteiger partial charge is 0.212 e. The van der Waals surface area contributed by atoms with Gasteiger partial charge in [0, 0.05) is 6.92 Å². The molecule has 0 aliphatic rings. The van der Waals surface area contributed by atoms with E-state index in [1.165, 1.54) is 6.08 Å². The molecule has 0 saturated heterocycles. The standard InChI is InChI=1S/C7H12F/c1-6(8)5-7(2,3)4/h5H,1H2,2-4H3. The van der Waals surface area contributed by atoms with Crippen molar-refractivity contribution in [3.8, 4) is 0 Å². The molecule has 0 aliphatic heterocycles. The van der Waals surface area contributed by atoms with E-state index < -0.39 is 0 Å². The van der Waals surface area contributed by atoms with Crippen LogP contribution in [0.4, 0.5) is 4.39 Å². The van der Waals surface area contributed by atoms with Crippen LogP contribution < -0.4 is 0 Å². The zero-order valence-electron chi connectivity index (χ0n) is 5.66. The molecule has 1 heteroatoms. The van der Waals surface area contributed by atoms with Crippen molar-refractivity contribution in [2.75, 3.05) is 0 Å². The smallest absolute Gasteiger partial charge is 0.0969 e. The summed E-state index contributed by atoms with van der Waals surface area (Å²) in [6, 6.07) is 0. The molecule has 0 aromatic carbocycles. The Labute approximate surface area is 50.4 Å². The van der Waals surface area contributed by atoms with Crippen molar-refractivity contribution >= 4 is 0 Å². The fraction of sp³-hybridized carbons (Fsp3) is 0.571. The Bertz CT molecular complexity index is 91.4. The van der Waals surface area contributed by atoms with Gasteiger partial charge in [-0.05, 0) is 11.5 Å². The molecule has 47 valence electrons.